The number of nitrogens with zero attached hydrogens (tertiary/aromatic N) is 1. The van der Waals surface area contributed by atoms with Crippen molar-refractivity contribution in [3.63, 3.8) is 0 Å². The van der Waals surface area contributed by atoms with Gasteiger partial charge in [-0.2, -0.15) is 0 Å². The molecule has 13 heavy (non-hydrogen) atoms. The molecule has 1 amide bonds. The Kier molecular flexibility index (Phi) is 3.14. The van der Waals surface area contributed by atoms with Crippen LogP contribution in [0, 0.1) is 5.92 Å². The van der Waals surface area contributed by atoms with Crippen molar-refractivity contribution in [1.82, 2.24) is 4.90 Å². The Morgan fingerprint density at radius 2 is 2.23 bits per heavy atom. The molecule has 0 aromatic rings. The van der Waals surface area contributed by atoms with Gasteiger partial charge in [0.1, 0.15) is 0 Å². The SMILES string of the molecule is COC(=O)N1CCC(N)C1C(C)C. The van der Waals surface area contributed by atoms with Gasteiger partial charge in [-0.3, -0.25) is 0 Å². The molecular weight excluding hydrogens is 168 g/mol. The third-order valence-electron chi connectivity index (χ3n) is 2.59. The topological polar surface area (TPSA) is 55.6 Å². The summed E-state index contributed by atoms with van der Waals surface area (Å²) in [6, 6.07) is 0.228. The number of amides is 1. The zero-order valence-corrected chi connectivity index (χ0v) is 8.49. The fourth-order valence-electron chi connectivity index (χ4n) is 2.02. The van der Waals surface area contributed by atoms with E-state index in [2.05, 4.69) is 13.8 Å². The average Bonchev–Trinajstić information content (AvgIpc) is 2.45. The second-order valence-electron chi connectivity index (χ2n) is 3.85. The first-order valence-corrected chi connectivity index (χ1v) is 4.68. The zero-order valence-electron chi connectivity index (χ0n) is 8.49. The minimum absolute atomic E-state index is 0.0964. The van der Waals surface area contributed by atoms with Gasteiger partial charge in [-0.1, -0.05) is 13.8 Å². The van der Waals surface area contributed by atoms with Crippen LogP contribution in [0.1, 0.15) is 20.3 Å². The van der Waals surface area contributed by atoms with E-state index in [1.807, 2.05) is 0 Å². The highest BCUT2D eigenvalue weighted by atomic mass is 16.5. The summed E-state index contributed by atoms with van der Waals surface area (Å²) in [5, 5.41) is 0. The van der Waals surface area contributed by atoms with Crippen molar-refractivity contribution in [1.29, 1.82) is 0 Å². The number of carbonyl (C=O) groups excluding carboxylic acids is 1. The molecule has 2 N–H and O–H groups in total. The molecule has 1 aliphatic rings. The minimum Gasteiger partial charge on any atom is -0.453 e. The monoisotopic (exact) mass is 186 g/mol. The third kappa shape index (κ3) is 1.94. The first kappa shape index (κ1) is 10.3. The van der Waals surface area contributed by atoms with Crippen LogP contribution in [0.4, 0.5) is 4.79 Å². The van der Waals surface area contributed by atoms with Crippen LogP contribution in [0.3, 0.4) is 0 Å². The molecule has 0 aromatic carbocycles. The Bertz CT molecular complexity index is 194. The molecule has 0 saturated carbocycles. The van der Waals surface area contributed by atoms with E-state index in [0.29, 0.717) is 5.92 Å². The molecule has 0 aliphatic carbocycles. The lowest BCUT2D eigenvalue weighted by molar-refractivity contribution is 0.107. The molecular formula is C9H18N2O2. The number of carbonyl (C=O) groups is 1. The van der Waals surface area contributed by atoms with Gasteiger partial charge in [0.05, 0.1) is 13.2 Å². The number of likely N-dealkylation sites (tertiary alicyclic amines) is 1. The molecule has 0 spiro atoms. The fourth-order valence-corrected chi connectivity index (χ4v) is 2.02. The number of methoxy groups -OCH3 is 1. The largest absolute Gasteiger partial charge is 0.453 e. The highest BCUT2D eigenvalue weighted by Gasteiger charge is 2.37. The number of hydrogen-bond donors (Lipinski definition) is 1. The van der Waals surface area contributed by atoms with Crippen molar-refractivity contribution in [3.8, 4) is 0 Å². The van der Waals surface area contributed by atoms with Gasteiger partial charge in [-0.15, -0.1) is 0 Å². The van der Waals surface area contributed by atoms with Crippen molar-refractivity contribution in [2.24, 2.45) is 11.7 Å². The van der Waals surface area contributed by atoms with Crippen LogP contribution in [0.2, 0.25) is 0 Å². The van der Waals surface area contributed by atoms with E-state index >= 15 is 0 Å². The normalized spacial score (nSPS) is 28.2. The van der Waals surface area contributed by atoms with Gasteiger partial charge in [0.15, 0.2) is 0 Å². The predicted octanol–water partition coefficient (Wildman–Crippen LogP) is 0.810. The summed E-state index contributed by atoms with van der Waals surface area (Å²) in [5.41, 5.74) is 5.91. The van der Waals surface area contributed by atoms with E-state index in [1.54, 1.807) is 4.90 Å². The number of hydrogen-bond acceptors (Lipinski definition) is 3. The Labute approximate surface area is 79.0 Å². The summed E-state index contributed by atoms with van der Waals surface area (Å²) in [4.78, 5) is 13.1. The maximum atomic E-state index is 11.3. The van der Waals surface area contributed by atoms with Crippen LogP contribution in [-0.4, -0.2) is 36.7 Å². The van der Waals surface area contributed by atoms with Crippen molar-refractivity contribution < 1.29 is 9.53 Å². The Morgan fingerprint density at radius 1 is 1.62 bits per heavy atom. The fraction of sp³-hybridized carbons (Fsp3) is 0.889. The van der Waals surface area contributed by atoms with Crippen LogP contribution >= 0.6 is 0 Å². The molecule has 2 unspecified atom stereocenters. The second kappa shape index (κ2) is 3.96. The van der Waals surface area contributed by atoms with E-state index in [9.17, 15) is 4.79 Å². The zero-order chi connectivity index (χ0) is 10.0. The maximum Gasteiger partial charge on any atom is 0.409 e. The summed E-state index contributed by atoms with van der Waals surface area (Å²) >= 11 is 0. The Morgan fingerprint density at radius 3 is 2.69 bits per heavy atom. The van der Waals surface area contributed by atoms with Crippen LogP contribution in [0.5, 0.6) is 0 Å². The maximum absolute atomic E-state index is 11.3. The van der Waals surface area contributed by atoms with E-state index in [-0.39, 0.29) is 18.2 Å². The summed E-state index contributed by atoms with van der Waals surface area (Å²) in [6.07, 6.45) is 0.615. The molecule has 1 heterocycles. The average molecular weight is 186 g/mol. The summed E-state index contributed by atoms with van der Waals surface area (Å²) in [7, 11) is 1.41. The van der Waals surface area contributed by atoms with Crippen LogP contribution < -0.4 is 5.73 Å². The van der Waals surface area contributed by atoms with Crippen molar-refractivity contribution >= 4 is 6.09 Å². The highest BCUT2D eigenvalue weighted by molar-refractivity contribution is 5.68. The molecule has 1 saturated heterocycles. The Hall–Kier alpha value is -0.770. The van der Waals surface area contributed by atoms with E-state index in [1.165, 1.54) is 7.11 Å². The van der Waals surface area contributed by atoms with Crippen LogP contribution in [0.25, 0.3) is 0 Å². The summed E-state index contributed by atoms with van der Waals surface area (Å²) in [6.45, 7) is 4.87. The Balaban J connectivity index is 2.69. The van der Waals surface area contributed by atoms with Gasteiger partial charge in [-0.05, 0) is 12.3 Å². The smallest absolute Gasteiger partial charge is 0.409 e. The molecule has 2 atom stereocenters. The molecule has 76 valence electrons. The van der Waals surface area contributed by atoms with Gasteiger partial charge in [0.25, 0.3) is 0 Å². The molecule has 0 aromatic heterocycles. The van der Waals surface area contributed by atoms with E-state index in [4.69, 9.17) is 10.5 Å². The lowest BCUT2D eigenvalue weighted by Crippen LogP contribution is -2.45. The molecule has 1 fully saturated rings. The first-order chi connectivity index (χ1) is 6.07. The number of nitrogens with two attached hydrogens (primary N) is 1. The van der Waals surface area contributed by atoms with E-state index in [0.717, 1.165) is 13.0 Å². The van der Waals surface area contributed by atoms with E-state index < -0.39 is 0 Å². The van der Waals surface area contributed by atoms with Crippen molar-refractivity contribution in [2.75, 3.05) is 13.7 Å². The first-order valence-electron chi connectivity index (χ1n) is 4.68. The van der Waals surface area contributed by atoms with Gasteiger partial charge >= 0.3 is 6.09 Å². The third-order valence-corrected chi connectivity index (χ3v) is 2.59. The molecule has 4 heteroatoms. The molecule has 1 aliphatic heterocycles. The van der Waals surface area contributed by atoms with Gasteiger partial charge in [0, 0.05) is 12.6 Å². The van der Waals surface area contributed by atoms with Gasteiger partial charge < -0.3 is 15.4 Å². The predicted molar refractivity (Wildman–Crippen MR) is 50.3 cm³/mol. The number of ether oxygens (including phenoxy) is 1. The molecule has 1 rings (SSSR count). The van der Waals surface area contributed by atoms with Gasteiger partial charge in [0.2, 0.25) is 0 Å². The van der Waals surface area contributed by atoms with Crippen molar-refractivity contribution in [2.45, 2.75) is 32.4 Å². The van der Waals surface area contributed by atoms with Crippen LogP contribution in [-0.2, 0) is 4.74 Å². The van der Waals surface area contributed by atoms with Crippen LogP contribution in [0.15, 0.2) is 0 Å². The lowest BCUT2D eigenvalue weighted by Gasteiger charge is -2.28. The minimum atomic E-state index is -0.258. The van der Waals surface area contributed by atoms with Crippen molar-refractivity contribution in [3.05, 3.63) is 0 Å². The lowest BCUT2D eigenvalue weighted by atomic mass is 9.98. The molecule has 4 nitrogen and oxygen atoms in total. The second-order valence-corrected chi connectivity index (χ2v) is 3.85. The number of rotatable bonds is 1. The quantitative estimate of drug-likeness (QED) is 0.659. The molecule has 0 radical (unpaired) electrons. The summed E-state index contributed by atoms with van der Waals surface area (Å²) in [5.74, 6) is 0.386. The highest BCUT2D eigenvalue weighted by Crippen LogP contribution is 2.23. The standard InChI is InChI=1S/C9H18N2O2/c1-6(2)8-7(10)4-5-11(8)9(12)13-3/h6-8H,4-5,10H2,1-3H3. The summed E-state index contributed by atoms with van der Waals surface area (Å²) < 4.78 is 4.69. The van der Waals surface area contributed by atoms with Gasteiger partial charge in [-0.25, -0.2) is 4.79 Å². The molecule has 0 bridgehead atoms.